The number of benzene rings is 2. The first-order valence-corrected chi connectivity index (χ1v) is 7.99. The van der Waals surface area contributed by atoms with Gasteiger partial charge in [-0.05, 0) is 30.2 Å². The highest BCUT2D eigenvalue weighted by molar-refractivity contribution is 7.07. The zero-order valence-electron chi connectivity index (χ0n) is 12.2. The summed E-state index contributed by atoms with van der Waals surface area (Å²) in [5.74, 6) is 0.459. The van der Waals surface area contributed by atoms with Gasteiger partial charge in [-0.3, -0.25) is 4.57 Å². The first-order valence-electron chi connectivity index (χ1n) is 7.11. The summed E-state index contributed by atoms with van der Waals surface area (Å²) in [7, 11) is 0. The average molecular weight is 294 g/mol. The Labute approximate surface area is 129 Å². The lowest BCUT2D eigenvalue weighted by molar-refractivity contribution is 0.772. The Balaban J connectivity index is 2.21. The molecular weight excluding hydrogens is 276 g/mol. The standard InChI is InChI=1S/C18H18N2S/c1-14(2)17-13-21-18(19-15-9-5-3-6-10-15)20(17)16-11-7-4-8-12-16/h3-14H,1-2H3. The third-order valence-electron chi connectivity index (χ3n) is 3.32. The fraction of sp³-hybridized carbons (Fsp3) is 0.167. The molecule has 0 fully saturated rings. The largest absolute Gasteiger partial charge is 0.289 e. The van der Waals surface area contributed by atoms with Crippen LogP contribution < -0.4 is 4.80 Å². The fourth-order valence-corrected chi connectivity index (χ4v) is 3.33. The number of hydrogen-bond donors (Lipinski definition) is 0. The van der Waals surface area contributed by atoms with Crippen LogP contribution in [0, 0.1) is 0 Å². The molecule has 3 aromatic rings. The Kier molecular flexibility index (Phi) is 4.02. The molecular formula is C18H18N2S. The van der Waals surface area contributed by atoms with E-state index in [-0.39, 0.29) is 0 Å². The van der Waals surface area contributed by atoms with Crippen molar-refractivity contribution in [3.8, 4) is 5.69 Å². The van der Waals surface area contributed by atoms with Crippen LogP contribution in [0.4, 0.5) is 5.69 Å². The van der Waals surface area contributed by atoms with Gasteiger partial charge in [0.1, 0.15) is 0 Å². The lowest BCUT2D eigenvalue weighted by Gasteiger charge is -2.11. The van der Waals surface area contributed by atoms with E-state index in [0.29, 0.717) is 5.92 Å². The van der Waals surface area contributed by atoms with Crippen molar-refractivity contribution in [1.82, 2.24) is 4.57 Å². The molecule has 1 aromatic heterocycles. The van der Waals surface area contributed by atoms with Gasteiger partial charge in [0.05, 0.1) is 5.69 Å². The zero-order valence-corrected chi connectivity index (χ0v) is 13.0. The van der Waals surface area contributed by atoms with E-state index in [1.807, 2.05) is 36.4 Å². The molecule has 21 heavy (non-hydrogen) atoms. The van der Waals surface area contributed by atoms with Crippen molar-refractivity contribution in [3.63, 3.8) is 0 Å². The number of rotatable bonds is 3. The van der Waals surface area contributed by atoms with Gasteiger partial charge in [0.2, 0.25) is 0 Å². The molecule has 3 rings (SSSR count). The first-order chi connectivity index (χ1) is 10.3. The molecule has 0 radical (unpaired) electrons. The third-order valence-corrected chi connectivity index (χ3v) is 4.17. The summed E-state index contributed by atoms with van der Waals surface area (Å²) in [4.78, 5) is 5.81. The Morgan fingerprint density at radius 2 is 1.52 bits per heavy atom. The number of aromatic nitrogens is 1. The number of nitrogens with zero attached hydrogens (tertiary/aromatic N) is 2. The lowest BCUT2D eigenvalue weighted by atomic mass is 10.1. The van der Waals surface area contributed by atoms with E-state index >= 15 is 0 Å². The molecule has 0 saturated heterocycles. The maximum atomic E-state index is 4.80. The molecule has 0 amide bonds. The van der Waals surface area contributed by atoms with Crippen LogP contribution in [-0.4, -0.2) is 4.57 Å². The summed E-state index contributed by atoms with van der Waals surface area (Å²) < 4.78 is 2.25. The van der Waals surface area contributed by atoms with Gasteiger partial charge in [0.15, 0.2) is 4.80 Å². The number of para-hydroxylation sites is 2. The molecule has 0 spiro atoms. The average Bonchev–Trinajstić information content (AvgIpc) is 2.93. The molecule has 0 aliphatic carbocycles. The van der Waals surface area contributed by atoms with Crippen LogP contribution in [0.3, 0.4) is 0 Å². The van der Waals surface area contributed by atoms with E-state index < -0.39 is 0 Å². The summed E-state index contributed by atoms with van der Waals surface area (Å²) >= 11 is 1.69. The Morgan fingerprint density at radius 3 is 2.14 bits per heavy atom. The molecule has 2 aromatic carbocycles. The molecule has 0 aliphatic heterocycles. The van der Waals surface area contributed by atoms with E-state index in [1.165, 1.54) is 5.69 Å². The molecule has 0 aliphatic rings. The van der Waals surface area contributed by atoms with Gasteiger partial charge >= 0.3 is 0 Å². The van der Waals surface area contributed by atoms with E-state index in [2.05, 4.69) is 48.1 Å². The fourth-order valence-electron chi connectivity index (χ4n) is 2.25. The van der Waals surface area contributed by atoms with Crippen LogP contribution in [0.25, 0.3) is 5.69 Å². The number of hydrogen-bond acceptors (Lipinski definition) is 2. The van der Waals surface area contributed by atoms with Crippen LogP contribution in [0.15, 0.2) is 71.0 Å². The molecule has 0 bridgehead atoms. The highest BCUT2D eigenvalue weighted by Crippen LogP contribution is 2.20. The summed E-state index contributed by atoms with van der Waals surface area (Å²) in [5, 5.41) is 2.21. The second-order valence-corrected chi connectivity index (χ2v) is 6.05. The first kappa shape index (κ1) is 13.8. The minimum atomic E-state index is 0.459. The Bertz CT molecular complexity index is 768. The summed E-state index contributed by atoms with van der Waals surface area (Å²) in [6.45, 7) is 4.43. The van der Waals surface area contributed by atoms with E-state index in [4.69, 9.17) is 4.99 Å². The van der Waals surface area contributed by atoms with E-state index in [1.54, 1.807) is 11.3 Å². The lowest BCUT2D eigenvalue weighted by Crippen LogP contribution is -2.15. The predicted molar refractivity (Wildman–Crippen MR) is 89.4 cm³/mol. The maximum absolute atomic E-state index is 4.80. The summed E-state index contributed by atoms with van der Waals surface area (Å²) in [5.41, 5.74) is 3.44. The third kappa shape index (κ3) is 2.98. The molecule has 0 N–H and O–H groups in total. The predicted octanol–water partition coefficient (Wildman–Crippen LogP) is 4.89. The van der Waals surface area contributed by atoms with Crippen molar-refractivity contribution in [2.24, 2.45) is 4.99 Å². The molecule has 0 atom stereocenters. The molecule has 106 valence electrons. The normalized spacial score (nSPS) is 12.0. The van der Waals surface area contributed by atoms with Gasteiger partial charge in [-0.2, -0.15) is 0 Å². The SMILES string of the molecule is CC(C)c1csc(=Nc2ccccc2)n1-c1ccccc1. The zero-order chi connectivity index (χ0) is 14.7. The Morgan fingerprint density at radius 1 is 0.905 bits per heavy atom. The topological polar surface area (TPSA) is 17.3 Å². The minimum absolute atomic E-state index is 0.459. The highest BCUT2D eigenvalue weighted by atomic mass is 32.1. The van der Waals surface area contributed by atoms with Gasteiger partial charge in [-0.1, -0.05) is 50.2 Å². The molecule has 2 nitrogen and oxygen atoms in total. The molecule has 0 saturated carbocycles. The second kappa shape index (κ2) is 6.10. The van der Waals surface area contributed by atoms with E-state index in [9.17, 15) is 0 Å². The summed E-state index contributed by atoms with van der Waals surface area (Å²) in [6.07, 6.45) is 0. The van der Waals surface area contributed by atoms with Crippen molar-refractivity contribution in [2.45, 2.75) is 19.8 Å². The molecule has 0 unspecified atom stereocenters. The van der Waals surface area contributed by atoms with Gasteiger partial charge < -0.3 is 0 Å². The van der Waals surface area contributed by atoms with Gasteiger partial charge in [-0.25, -0.2) is 4.99 Å². The summed E-state index contributed by atoms with van der Waals surface area (Å²) in [6, 6.07) is 20.5. The van der Waals surface area contributed by atoms with Crippen molar-refractivity contribution < 1.29 is 0 Å². The van der Waals surface area contributed by atoms with Crippen LogP contribution in [0.2, 0.25) is 0 Å². The van der Waals surface area contributed by atoms with Crippen LogP contribution in [0.1, 0.15) is 25.5 Å². The quantitative estimate of drug-likeness (QED) is 0.654. The van der Waals surface area contributed by atoms with E-state index in [0.717, 1.165) is 16.2 Å². The van der Waals surface area contributed by atoms with Gasteiger partial charge in [0.25, 0.3) is 0 Å². The van der Waals surface area contributed by atoms with Crippen molar-refractivity contribution in [3.05, 3.63) is 76.5 Å². The van der Waals surface area contributed by atoms with Crippen molar-refractivity contribution in [2.75, 3.05) is 0 Å². The maximum Gasteiger partial charge on any atom is 0.194 e. The van der Waals surface area contributed by atoms with Crippen LogP contribution >= 0.6 is 11.3 Å². The van der Waals surface area contributed by atoms with Gasteiger partial charge in [0, 0.05) is 16.8 Å². The van der Waals surface area contributed by atoms with Crippen molar-refractivity contribution >= 4 is 17.0 Å². The molecule has 1 heterocycles. The minimum Gasteiger partial charge on any atom is -0.289 e. The second-order valence-electron chi connectivity index (χ2n) is 5.22. The van der Waals surface area contributed by atoms with Crippen LogP contribution in [0.5, 0.6) is 0 Å². The highest BCUT2D eigenvalue weighted by Gasteiger charge is 2.10. The smallest absolute Gasteiger partial charge is 0.194 e. The number of thiazole rings is 1. The van der Waals surface area contributed by atoms with Crippen LogP contribution in [-0.2, 0) is 0 Å². The Hall–Kier alpha value is -2.13. The van der Waals surface area contributed by atoms with Gasteiger partial charge in [-0.15, -0.1) is 11.3 Å². The van der Waals surface area contributed by atoms with Crippen molar-refractivity contribution in [1.29, 1.82) is 0 Å². The molecule has 3 heteroatoms. The monoisotopic (exact) mass is 294 g/mol.